The molecule has 4 nitrogen and oxygen atoms in total. The Balaban J connectivity index is 2.09. The highest BCUT2D eigenvalue weighted by Crippen LogP contribution is 2.21. The van der Waals surface area contributed by atoms with Crippen molar-refractivity contribution >= 4 is 48.8 Å². The van der Waals surface area contributed by atoms with E-state index in [0.717, 1.165) is 12.0 Å². The Labute approximate surface area is 160 Å². The van der Waals surface area contributed by atoms with Gasteiger partial charge in [0.25, 0.3) is 0 Å². The van der Waals surface area contributed by atoms with Gasteiger partial charge in [0.15, 0.2) is 14.9 Å². The lowest BCUT2D eigenvalue weighted by Crippen LogP contribution is -2.32. The third kappa shape index (κ3) is 5.49. The Kier molecular flexibility index (Phi) is 6.53. The summed E-state index contributed by atoms with van der Waals surface area (Å²) in [6.07, 6.45) is 1.90. The van der Waals surface area contributed by atoms with Gasteiger partial charge in [-0.15, -0.1) is 0 Å². The van der Waals surface area contributed by atoms with Crippen LogP contribution < -0.4 is 10.6 Å². The van der Waals surface area contributed by atoms with Crippen LogP contribution in [0.5, 0.6) is 0 Å². The fourth-order valence-corrected chi connectivity index (χ4v) is 3.49. The van der Waals surface area contributed by atoms with E-state index in [2.05, 4.69) is 26.6 Å². The first kappa shape index (κ1) is 19.8. The van der Waals surface area contributed by atoms with Gasteiger partial charge >= 0.3 is 0 Å². The van der Waals surface area contributed by atoms with E-state index in [0.29, 0.717) is 9.59 Å². The average molecular weight is 445 g/mol. The highest BCUT2D eigenvalue weighted by atomic mass is 79.9. The maximum atomic E-state index is 13.9. The van der Waals surface area contributed by atoms with Gasteiger partial charge < -0.3 is 10.6 Å². The molecule has 0 aliphatic rings. The van der Waals surface area contributed by atoms with E-state index in [4.69, 9.17) is 12.2 Å². The molecule has 1 unspecified atom stereocenters. The molecule has 0 heterocycles. The molecule has 0 aromatic heterocycles. The highest BCUT2D eigenvalue weighted by Gasteiger charge is 2.14. The van der Waals surface area contributed by atoms with Crippen LogP contribution in [0.15, 0.2) is 51.8 Å². The number of rotatable bonds is 5. The predicted octanol–water partition coefficient (Wildman–Crippen LogP) is 4.43. The summed E-state index contributed by atoms with van der Waals surface area (Å²) < 4.78 is 37.6. The second kappa shape index (κ2) is 8.25. The van der Waals surface area contributed by atoms with Crippen molar-refractivity contribution in [3.63, 3.8) is 0 Å². The fourth-order valence-electron chi connectivity index (χ4n) is 2.28. The van der Waals surface area contributed by atoms with E-state index < -0.39 is 15.7 Å². The normalized spacial score (nSPS) is 12.5. The smallest absolute Gasteiger partial charge is 0.175 e. The standard InChI is InChI=1S/C17H18BrFN2O2S2/c1-3-15(11-4-7-13(8-5-11)25(2,22)23)20-17(24)21-16-9-6-12(18)10-14(16)19/h4-10,15H,3H2,1-2H3,(H2,20,21,24). The number of benzene rings is 2. The Morgan fingerprint density at radius 3 is 2.40 bits per heavy atom. The first-order chi connectivity index (χ1) is 11.7. The monoisotopic (exact) mass is 444 g/mol. The number of hydrogen-bond donors (Lipinski definition) is 2. The lowest BCUT2D eigenvalue weighted by atomic mass is 10.1. The lowest BCUT2D eigenvalue weighted by Gasteiger charge is -2.20. The van der Waals surface area contributed by atoms with E-state index in [1.807, 2.05) is 6.92 Å². The minimum atomic E-state index is -3.23. The molecular weight excluding hydrogens is 427 g/mol. The SMILES string of the molecule is CCC(NC(=S)Nc1ccc(Br)cc1F)c1ccc(S(C)(=O)=O)cc1. The molecular formula is C17H18BrFN2O2S2. The molecule has 25 heavy (non-hydrogen) atoms. The van der Waals surface area contributed by atoms with Crippen molar-refractivity contribution in [3.8, 4) is 0 Å². The van der Waals surface area contributed by atoms with Crippen molar-refractivity contribution in [2.45, 2.75) is 24.3 Å². The quantitative estimate of drug-likeness (QED) is 0.667. The summed E-state index contributed by atoms with van der Waals surface area (Å²) in [4.78, 5) is 0.267. The fraction of sp³-hybridized carbons (Fsp3) is 0.235. The Morgan fingerprint density at radius 2 is 1.88 bits per heavy atom. The molecule has 0 aliphatic heterocycles. The zero-order valence-electron chi connectivity index (χ0n) is 13.7. The first-order valence-corrected chi connectivity index (χ1v) is 10.6. The molecule has 0 bridgehead atoms. The number of nitrogens with one attached hydrogen (secondary N) is 2. The van der Waals surface area contributed by atoms with Gasteiger partial charge in [-0.1, -0.05) is 35.0 Å². The van der Waals surface area contributed by atoms with E-state index in [1.54, 1.807) is 36.4 Å². The molecule has 2 rings (SSSR count). The van der Waals surface area contributed by atoms with Gasteiger partial charge in [-0.25, -0.2) is 12.8 Å². The first-order valence-electron chi connectivity index (χ1n) is 7.53. The molecule has 0 spiro atoms. The number of anilines is 1. The molecule has 0 saturated carbocycles. The topological polar surface area (TPSA) is 58.2 Å². The lowest BCUT2D eigenvalue weighted by molar-refractivity contribution is 0.601. The van der Waals surface area contributed by atoms with Gasteiger partial charge in [-0.3, -0.25) is 0 Å². The minimum Gasteiger partial charge on any atom is -0.356 e. The molecule has 2 aromatic rings. The van der Waals surface area contributed by atoms with Crippen LogP contribution in [-0.4, -0.2) is 19.8 Å². The zero-order valence-corrected chi connectivity index (χ0v) is 16.9. The van der Waals surface area contributed by atoms with Crippen LogP contribution in [0.4, 0.5) is 10.1 Å². The van der Waals surface area contributed by atoms with Crippen LogP contribution in [0.2, 0.25) is 0 Å². The number of thiocarbonyl (C=S) groups is 1. The molecule has 0 saturated heterocycles. The van der Waals surface area contributed by atoms with E-state index in [1.165, 1.54) is 12.3 Å². The molecule has 0 radical (unpaired) electrons. The summed E-state index contributed by atoms with van der Waals surface area (Å²) in [7, 11) is -3.23. The van der Waals surface area contributed by atoms with Crippen molar-refractivity contribution in [1.82, 2.24) is 5.32 Å². The molecule has 1 atom stereocenters. The van der Waals surface area contributed by atoms with Crippen LogP contribution in [0, 0.1) is 5.82 Å². The average Bonchev–Trinajstić information content (AvgIpc) is 2.54. The van der Waals surface area contributed by atoms with Gasteiger partial charge in [0.05, 0.1) is 16.6 Å². The Hall–Kier alpha value is -1.51. The van der Waals surface area contributed by atoms with Gasteiger partial charge in [0.2, 0.25) is 0 Å². The van der Waals surface area contributed by atoms with Crippen molar-refractivity contribution in [2.24, 2.45) is 0 Å². The van der Waals surface area contributed by atoms with E-state index >= 15 is 0 Å². The molecule has 0 aliphatic carbocycles. The van der Waals surface area contributed by atoms with Crippen molar-refractivity contribution in [3.05, 3.63) is 58.3 Å². The van der Waals surface area contributed by atoms with Crippen molar-refractivity contribution in [1.29, 1.82) is 0 Å². The molecule has 2 aromatic carbocycles. The second-order valence-corrected chi connectivity index (χ2v) is 8.86. The maximum absolute atomic E-state index is 13.9. The predicted molar refractivity (Wildman–Crippen MR) is 106 cm³/mol. The van der Waals surface area contributed by atoms with Gasteiger partial charge in [-0.2, -0.15) is 0 Å². The summed E-state index contributed by atoms with van der Waals surface area (Å²) in [5.74, 6) is -0.413. The highest BCUT2D eigenvalue weighted by molar-refractivity contribution is 9.10. The van der Waals surface area contributed by atoms with Crippen LogP contribution >= 0.6 is 28.1 Å². The number of hydrogen-bond acceptors (Lipinski definition) is 3. The maximum Gasteiger partial charge on any atom is 0.175 e. The summed E-state index contributed by atoms with van der Waals surface area (Å²) in [5.41, 5.74) is 1.18. The molecule has 0 fully saturated rings. The van der Waals surface area contributed by atoms with Crippen molar-refractivity contribution < 1.29 is 12.8 Å². The van der Waals surface area contributed by atoms with Crippen LogP contribution in [0.25, 0.3) is 0 Å². The third-order valence-electron chi connectivity index (χ3n) is 3.60. The number of halogens is 2. The largest absolute Gasteiger partial charge is 0.356 e. The van der Waals surface area contributed by atoms with Crippen LogP contribution in [0.1, 0.15) is 24.9 Å². The van der Waals surface area contributed by atoms with Crippen LogP contribution in [0.3, 0.4) is 0 Å². The Morgan fingerprint density at radius 1 is 1.24 bits per heavy atom. The third-order valence-corrected chi connectivity index (χ3v) is 5.45. The zero-order chi connectivity index (χ0) is 18.6. The summed E-state index contributed by atoms with van der Waals surface area (Å²) >= 11 is 8.46. The molecule has 0 amide bonds. The second-order valence-electron chi connectivity index (χ2n) is 5.52. The Bertz CT molecular complexity index is 871. The number of sulfone groups is 1. The summed E-state index contributed by atoms with van der Waals surface area (Å²) in [6, 6.07) is 11.2. The van der Waals surface area contributed by atoms with Gasteiger partial charge in [-0.05, 0) is 54.5 Å². The van der Waals surface area contributed by atoms with Gasteiger partial charge in [0, 0.05) is 10.7 Å². The van der Waals surface area contributed by atoms with Crippen molar-refractivity contribution in [2.75, 3.05) is 11.6 Å². The molecule has 134 valence electrons. The summed E-state index contributed by atoms with van der Waals surface area (Å²) in [5, 5.41) is 6.25. The summed E-state index contributed by atoms with van der Waals surface area (Å²) in [6.45, 7) is 1.98. The van der Waals surface area contributed by atoms with E-state index in [-0.39, 0.29) is 16.6 Å². The van der Waals surface area contributed by atoms with Crippen LogP contribution in [-0.2, 0) is 9.84 Å². The van der Waals surface area contributed by atoms with E-state index in [9.17, 15) is 12.8 Å². The molecule has 2 N–H and O–H groups in total. The van der Waals surface area contributed by atoms with Gasteiger partial charge in [0.1, 0.15) is 5.82 Å². The minimum absolute atomic E-state index is 0.118. The molecule has 8 heteroatoms.